The van der Waals surface area contributed by atoms with Gasteiger partial charge in [-0.1, -0.05) is 30.3 Å². The standard InChI is InChI=1S/C20H22O5/c1-4-5-6-9-12-20-14-11-8-7-10-13(14)17(25-20)15(18(21)23-2)16(20)19(22)24-3/h4,7-8,10-11,17H,1,5-6,9,12H2,2-3H3. The van der Waals surface area contributed by atoms with Crippen LogP contribution in [0.15, 0.2) is 48.1 Å². The third-order valence-corrected chi connectivity index (χ3v) is 4.91. The number of hydrogen-bond acceptors (Lipinski definition) is 5. The molecule has 132 valence electrons. The van der Waals surface area contributed by atoms with Gasteiger partial charge in [-0.2, -0.15) is 0 Å². The molecule has 1 aromatic rings. The Morgan fingerprint density at radius 3 is 2.60 bits per heavy atom. The number of ether oxygens (including phenoxy) is 3. The van der Waals surface area contributed by atoms with Crippen molar-refractivity contribution in [3.63, 3.8) is 0 Å². The monoisotopic (exact) mass is 342 g/mol. The molecule has 0 amide bonds. The molecule has 2 atom stereocenters. The number of hydrogen-bond donors (Lipinski definition) is 0. The minimum absolute atomic E-state index is 0.261. The summed E-state index contributed by atoms with van der Waals surface area (Å²) in [7, 11) is 2.62. The average Bonchev–Trinajstić information content (AvgIpc) is 3.16. The Hall–Kier alpha value is -2.40. The van der Waals surface area contributed by atoms with Crippen molar-refractivity contribution in [2.24, 2.45) is 0 Å². The van der Waals surface area contributed by atoms with Crippen LogP contribution in [0.1, 0.15) is 42.9 Å². The number of carbonyl (C=O) groups is 2. The van der Waals surface area contributed by atoms with Crippen molar-refractivity contribution in [3.05, 3.63) is 59.2 Å². The first-order valence-electron chi connectivity index (χ1n) is 8.40. The summed E-state index contributed by atoms with van der Waals surface area (Å²) in [5.74, 6) is -1.09. The number of unbranched alkanes of at least 4 members (excludes halogenated alkanes) is 2. The van der Waals surface area contributed by atoms with E-state index in [1.807, 2.05) is 30.3 Å². The molecule has 0 saturated heterocycles. The minimum atomic E-state index is -0.945. The largest absolute Gasteiger partial charge is 0.466 e. The minimum Gasteiger partial charge on any atom is -0.466 e. The van der Waals surface area contributed by atoms with Gasteiger partial charge in [0.25, 0.3) is 0 Å². The lowest BCUT2D eigenvalue weighted by Crippen LogP contribution is -2.32. The highest BCUT2D eigenvalue weighted by molar-refractivity contribution is 6.05. The number of methoxy groups -OCH3 is 2. The van der Waals surface area contributed by atoms with Crippen LogP contribution >= 0.6 is 0 Å². The van der Waals surface area contributed by atoms with E-state index in [0.717, 1.165) is 30.4 Å². The average molecular weight is 342 g/mol. The highest BCUT2D eigenvalue weighted by Crippen LogP contribution is 2.60. The lowest BCUT2D eigenvalue weighted by atomic mass is 9.75. The van der Waals surface area contributed by atoms with Crippen molar-refractivity contribution in [2.75, 3.05) is 14.2 Å². The first kappa shape index (κ1) is 17.4. The zero-order valence-electron chi connectivity index (χ0n) is 14.5. The van der Waals surface area contributed by atoms with Gasteiger partial charge in [-0.05, 0) is 36.8 Å². The summed E-state index contributed by atoms with van der Waals surface area (Å²) in [5, 5.41) is 0. The zero-order valence-corrected chi connectivity index (χ0v) is 14.5. The van der Waals surface area contributed by atoms with E-state index in [9.17, 15) is 9.59 Å². The lowest BCUT2D eigenvalue weighted by Gasteiger charge is -2.29. The van der Waals surface area contributed by atoms with E-state index in [2.05, 4.69) is 6.58 Å². The topological polar surface area (TPSA) is 61.8 Å². The van der Waals surface area contributed by atoms with Gasteiger partial charge in [-0.25, -0.2) is 9.59 Å². The van der Waals surface area contributed by atoms with Gasteiger partial charge in [0.05, 0.1) is 25.4 Å². The van der Waals surface area contributed by atoms with Gasteiger partial charge in [0.15, 0.2) is 0 Å². The molecule has 0 fully saturated rings. The summed E-state index contributed by atoms with van der Waals surface area (Å²) < 4.78 is 16.2. The van der Waals surface area contributed by atoms with Crippen LogP contribution in [-0.4, -0.2) is 26.2 Å². The van der Waals surface area contributed by atoms with Crippen LogP contribution in [0.25, 0.3) is 0 Å². The van der Waals surface area contributed by atoms with Crippen molar-refractivity contribution < 1.29 is 23.8 Å². The smallest absolute Gasteiger partial charge is 0.337 e. The first-order valence-corrected chi connectivity index (χ1v) is 8.40. The van der Waals surface area contributed by atoms with Gasteiger partial charge >= 0.3 is 11.9 Å². The Kier molecular flexibility index (Phi) is 4.77. The van der Waals surface area contributed by atoms with Gasteiger partial charge in [0.1, 0.15) is 11.7 Å². The molecule has 0 spiro atoms. The van der Waals surface area contributed by atoms with Gasteiger partial charge in [-0.3, -0.25) is 0 Å². The van der Waals surface area contributed by atoms with Crippen molar-refractivity contribution in [1.29, 1.82) is 0 Å². The second kappa shape index (κ2) is 6.84. The Balaban J connectivity index is 2.11. The predicted octanol–water partition coefficient (Wildman–Crippen LogP) is 3.36. The summed E-state index contributed by atoms with van der Waals surface area (Å²) in [6.45, 7) is 3.74. The van der Waals surface area contributed by atoms with Crippen molar-refractivity contribution in [1.82, 2.24) is 0 Å². The van der Waals surface area contributed by atoms with Gasteiger partial charge in [0.2, 0.25) is 0 Å². The van der Waals surface area contributed by atoms with E-state index in [4.69, 9.17) is 14.2 Å². The van der Waals surface area contributed by atoms with Gasteiger partial charge < -0.3 is 14.2 Å². The maximum Gasteiger partial charge on any atom is 0.337 e. The van der Waals surface area contributed by atoms with Gasteiger partial charge in [-0.15, -0.1) is 6.58 Å². The fourth-order valence-electron chi connectivity index (χ4n) is 3.86. The molecule has 0 N–H and O–H groups in total. The molecule has 0 aromatic heterocycles. The molecule has 2 aliphatic heterocycles. The van der Waals surface area contributed by atoms with Crippen molar-refractivity contribution in [2.45, 2.75) is 37.4 Å². The summed E-state index contributed by atoms with van der Waals surface area (Å²) in [5.41, 5.74) is 1.45. The molecule has 2 aliphatic rings. The van der Waals surface area contributed by atoms with E-state index in [-0.39, 0.29) is 11.1 Å². The molecule has 5 nitrogen and oxygen atoms in total. The number of allylic oxidation sites excluding steroid dienone is 1. The summed E-state index contributed by atoms with van der Waals surface area (Å²) in [6, 6.07) is 7.71. The van der Waals surface area contributed by atoms with E-state index >= 15 is 0 Å². The molecule has 2 heterocycles. The van der Waals surface area contributed by atoms with Crippen LogP contribution < -0.4 is 0 Å². The highest BCUT2D eigenvalue weighted by atomic mass is 16.6. The molecule has 25 heavy (non-hydrogen) atoms. The van der Waals surface area contributed by atoms with E-state index in [1.54, 1.807) is 0 Å². The van der Waals surface area contributed by atoms with Crippen LogP contribution in [0, 0.1) is 0 Å². The maximum absolute atomic E-state index is 12.6. The van der Waals surface area contributed by atoms with Crippen molar-refractivity contribution in [3.8, 4) is 0 Å². The Morgan fingerprint density at radius 1 is 1.20 bits per heavy atom. The predicted molar refractivity (Wildman–Crippen MR) is 91.7 cm³/mol. The summed E-state index contributed by atoms with van der Waals surface area (Å²) in [4.78, 5) is 24.9. The molecule has 5 heteroatoms. The van der Waals surface area contributed by atoms with Crippen LogP contribution in [0.3, 0.4) is 0 Å². The second-order valence-electron chi connectivity index (χ2n) is 6.22. The SMILES string of the molecule is C=CCCCCC12OC(C(C(=O)OC)=C1C(=O)OC)c1ccccc12. The Labute approximate surface area is 147 Å². The Bertz CT molecular complexity index is 748. The third kappa shape index (κ3) is 2.59. The van der Waals surface area contributed by atoms with Crippen LogP contribution in [0.2, 0.25) is 0 Å². The fraction of sp³-hybridized carbons (Fsp3) is 0.400. The molecule has 0 saturated carbocycles. The highest BCUT2D eigenvalue weighted by Gasteiger charge is 2.59. The molecule has 3 rings (SSSR count). The number of carbonyl (C=O) groups excluding carboxylic acids is 2. The fourth-order valence-corrected chi connectivity index (χ4v) is 3.86. The molecule has 2 bridgehead atoms. The number of fused-ring (bicyclic) bond motifs is 5. The molecular weight excluding hydrogens is 320 g/mol. The lowest BCUT2D eigenvalue weighted by molar-refractivity contribution is -0.140. The molecule has 1 aromatic carbocycles. The maximum atomic E-state index is 12.6. The number of benzene rings is 1. The molecule has 2 unspecified atom stereocenters. The Morgan fingerprint density at radius 2 is 1.92 bits per heavy atom. The normalized spacial score (nSPS) is 23.4. The summed E-state index contributed by atoms with van der Waals surface area (Å²) >= 11 is 0. The molecule has 0 aliphatic carbocycles. The zero-order chi connectivity index (χ0) is 18.0. The molecule has 0 radical (unpaired) electrons. The summed E-state index contributed by atoms with van der Waals surface area (Å²) in [6.07, 6.45) is 4.54. The van der Waals surface area contributed by atoms with E-state index in [0.29, 0.717) is 6.42 Å². The van der Waals surface area contributed by atoms with Crippen LogP contribution in [0.5, 0.6) is 0 Å². The van der Waals surface area contributed by atoms with Crippen LogP contribution in [0.4, 0.5) is 0 Å². The van der Waals surface area contributed by atoms with Crippen LogP contribution in [-0.2, 0) is 29.4 Å². The number of rotatable bonds is 7. The third-order valence-electron chi connectivity index (χ3n) is 4.91. The van der Waals surface area contributed by atoms with Gasteiger partial charge in [0, 0.05) is 0 Å². The number of esters is 2. The van der Waals surface area contributed by atoms with Crippen molar-refractivity contribution >= 4 is 11.9 Å². The first-order chi connectivity index (χ1) is 12.1. The van der Waals surface area contributed by atoms with E-state index in [1.165, 1.54) is 14.2 Å². The second-order valence-corrected chi connectivity index (χ2v) is 6.22. The quantitative estimate of drug-likeness (QED) is 0.432. The molecular formula is C20H22O5. The van der Waals surface area contributed by atoms with E-state index < -0.39 is 23.6 Å².